The Bertz CT molecular complexity index is 1020. The highest BCUT2D eigenvalue weighted by Crippen LogP contribution is 2.30. The van der Waals surface area contributed by atoms with Crippen LogP contribution in [0.1, 0.15) is 25.3 Å². The molecule has 2 unspecified atom stereocenters. The summed E-state index contributed by atoms with van der Waals surface area (Å²) in [6.07, 6.45) is 7.93. The van der Waals surface area contributed by atoms with Crippen LogP contribution in [0, 0.1) is 0 Å². The molecule has 0 spiro atoms. The number of dihydropyridines is 1. The van der Waals surface area contributed by atoms with Gasteiger partial charge >= 0.3 is 0 Å². The summed E-state index contributed by atoms with van der Waals surface area (Å²) in [6, 6.07) is 10.9. The predicted molar refractivity (Wildman–Crippen MR) is 121 cm³/mol. The number of allylic oxidation sites excluding steroid dienone is 1. The van der Waals surface area contributed by atoms with E-state index in [1.165, 1.54) is 5.57 Å². The first-order valence-corrected chi connectivity index (χ1v) is 10.6. The summed E-state index contributed by atoms with van der Waals surface area (Å²) in [5.41, 5.74) is 11.1. The summed E-state index contributed by atoms with van der Waals surface area (Å²) in [6.45, 7) is 3.92. The van der Waals surface area contributed by atoms with E-state index in [0.29, 0.717) is 0 Å². The van der Waals surface area contributed by atoms with Gasteiger partial charge in [-0.2, -0.15) is 5.10 Å². The number of hydrazone groups is 1. The van der Waals surface area contributed by atoms with Crippen molar-refractivity contribution in [2.45, 2.75) is 37.9 Å². The summed E-state index contributed by atoms with van der Waals surface area (Å²) in [7, 11) is 2.00. The molecular weight excluding hydrogens is 374 g/mol. The second kappa shape index (κ2) is 7.65. The lowest BCUT2D eigenvalue weighted by Crippen LogP contribution is -2.40. The summed E-state index contributed by atoms with van der Waals surface area (Å²) in [5, 5.41) is 6.42. The summed E-state index contributed by atoms with van der Waals surface area (Å²) >= 11 is 0. The molecule has 5 rings (SSSR count). The van der Waals surface area contributed by atoms with Crippen LogP contribution >= 0.6 is 0 Å². The van der Waals surface area contributed by atoms with E-state index in [0.717, 1.165) is 54.4 Å². The Labute approximate surface area is 177 Å². The quantitative estimate of drug-likeness (QED) is 0.854. The number of nitrogens with two attached hydrogens (primary N) is 1. The number of aliphatic imine (C=N–C) groups is 1. The van der Waals surface area contributed by atoms with Crippen LogP contribution in [0.3, 0.4) is 0 Å². The lowest BCUT2D eigenvalue weighted by atomic mass is 9.94. The zero-order chi connectivity index (χ0) is 20.7. The van der Waals surface area contributed by atoms with E-state index >= 15 is 0 Å². The number of anilines is 1. The summed E-state index contributed by atoms with van der Waals surface area (Å²) < 4.78 is 0. The molecule has 1 aromatic carbocycles. The first-order valence-electron chi connectivity index (χ1n) is 10.6. The number of benzene rings is 1. The molecular formula is C23H27N7. The second-order valence-electron chi connectivity index (χ2n) is 8.29. The lowest BCUT2D eigenvalue weighted by molar-refractivity contribution is 0.280. The molecule has 3 aliphatic rings. The average molecular weight is 402 g/mol. The Hall–Kier alpha value is -3.06. The van der Waals surface area contributed by atoms with E-state index < -0.39 is 0 Å². The average Bonchev–Trinajstić information content (AvgIpc) is 3.16. The van der Waals surface area contributed by atoms with E-state index in [-0.39, 0.29) is 18.1 Å². The van der Waals surface area contributed by atoms with Crippen molar-refractivity contribution in [3.8, 4) is 11.3 Å². The van der Waals surface area contributed by atoms with Gasteiger partial charge in [-0.15, -0.1) is 0 Å². The fourth-order valence-corrected chi connectivity index (χ4v) is 4.50. The van der Waals surface area contributed by atoms with Crippen molar-refractivity contribution < 1.29 is 0 Å². The Morgan fingerprint density at radius 2 is 1.87 bits per heavy atom. The van der Waals surface area contributed by atoms with Crippen LogP contribution in [-0.4, -0.2) is 65.2 Å². The Morgan fingerprint density at radius 3 is 2.63 bits per heavy atom. The maximum Gasteiger partial charge on any atom is 0.225 e. The van der Waals surface area contributed by atoms with Gasteiger partial charge in [0.15, 0.2) is 0 Å². The van der Waals surface area contributed by atoms with Crippen LogP contribution in [0.4, 0.5) is 5.95 Å². The minimum atomic E-state index is 0.111. The second-order valence-corrected chi connectivity index (χ2v) is 8.29. The number of nitrogens with zero attached hydrogens (tertiary/aromatic N) is 6. The maximum absolute atomic E-state index is 6.08. The number of rotatable bonds is 3. The number of aromatic nitrogens is 2. The number of hydrogen-bond acceptors (Lipinski definition) is 7. The summed E-state index contributed by atoms with van der Waals surface area (Å²) in [5.74, 6) is 0.765. The van der Waals surface area contributed by atoms with Gasteiger partial charge in [-0.05, 0) is 25.8 Å². The van der Waals surface area contributed by atoms with Crippen LogP contribution in [0.15, 0.2) is 58.3 Å². The molecule has 154 valence electrons. The van der Waals surface area contributed by atoms with Crippen LogP contribution in [0.25, 0.3) is 11.3 Å². The molecule has 2 atom stereocenters. The van der Waals surface area contributed by atoms with Gasteiger partial charge < -0.3 is 10.6 Å². The number of hydrogen-bond donors (Lipinski definition) is 1. The third kappa shape index (κ3) is 3.39. The molecule has 7 heteroatoms. The molecule has 4 heterocycles. The van der Waals surface area contributed by atoms with Crippen molar-refractivity contribution in [1.29, 1.82) is 0 Å². The molecule has 0 amide bonds. The van der Waals surface area contributed by atoms with Gasteiger partial charge in [0.1, 0.15) is 0 Å². The summed E-state index contributed by atoms with van der Waals surface area (Å²) in [4.78, 5) is 17.0. The molecule has 0 bridgehead atoms. The number of likely N-dealkylation sites (N-methyl/N-ethyl adjacent to an activating group) is 1. The SMILES string of the molecule is CC1N=C(c2cnc(N3CCC(N)CC3)nc2-c2ccccc2)C=C2C=NN(C)C21. The number of piperidine rings is 1. The molecule has 2 aromatic rings. The number of fused-ring (bicyclic) bond motifs is 1. The van der Waals surface area contributed by atoms with Gasteiger partial charge in [0.2, 0.25) is 5.95 Å². The van der Waals surface area contributed by atoms with Crippen molar-refractivity contribution in [1.82, 2.24) is 15.0 Å². The van der Waals surface area contributed by atoms with Crippen molar-refractivity contribution in [2.24, 2.45) is 15.8 Å². The molecule has 7 nitrogen and oxygen atoms in total. The van der Waals surface area contributed by atoms with Crippen LogP contribution in [-0.2, 0) is 0 Å². The Morgan fingerprint density at radius 1 is 1.10 bits per heavy atom. The Kier molecular flexibility index (Phi) is 4.83. The zero-order valence-electron chi connectivity index (χ0n) is 17.4. The highest BCUT2D eigenvalue weighted by molar-refractivity contribution is 6.15. The smallest absolute Gasteiger partial charge is 0.225 e. The van der Waals surface area contributed by atoms with E-state index in [2.05, 4.69) is 35.1 Å². The molecule has 30 heavy (non-hydrogen) atoms. The first kappa shape index (κ1) is 18.9. The predicted octanol–water partition coefficient (Wildman–Crippen LogP) is 2.49. The van der Waals surface area contributed by atoms with E-state index in [1.54, 1.807) is 0 Å². The van der Waals surface area contributed by atoms with Crippen molar-refractivity contribution in [2.75, 3.05) is 25.0 Å². The lowest BCUT2D eigenvalue weighted by Gasteiger charge is -2.31. The van der Waals surface area contributed by atoms with Crippen molar-refractivity contribution >= 4 is 17.9 Å². The monoisotopic (exact) mass is 401 g/mol. The van der Waals surface area contributed by atoms with Crippen molar-refractivity contribution in [3.05, 3.63) is 53.7 Å². The van der Waals surface area contributed by atoms with Gasteiger partial charge in [0.05, 0.1) is 29.7 Å². The normalized spacial score (nSPS) is 24.0. The standard InChI is InChI=1S/C23H27N7/c1-15-22-17(13-26-29(22)2)12-20(27-15)19-14-25-23(30-10-8-18(24)9-11-30)28-21(19)16-6-4-3-5-7-16/h3-7,12-15,18,22H,8-11,24H2,1-2H3. The van der Waals surface area contributed by atoms with Gasteiger partial charge in [0, 0.05) is 49.1 Å². The maximum atomic E-state index is 6.08. The third-order valence-electron chi connectivity index (χ3n) is 6.16. The van der Waals surface area contributed by atoms with E-state index in [1.807, 2.05) is 42.7 Å². The van der Waals surface area contributed by atoms with E-state index in [9.17, 15) is 0 Å². The van der Waals surface area contributed by atoms with Crippen LogP contribution < -0.4 is 10.6 Å². The van der Waals surface area contributed by atoms with Gasteiger partial charge in [-0.1, -0.05) is 30.3 Å². The topological polar surface area (TPSA) is 83.0 Å². The largest absolute Gasteiger partial charge is 0.341 e. The molecule has 3 aliphatic heterocycles. The van der Waals surface area contributed by atoms with Gasteiger partial charge in [0.25, 0.3) is 0 Å². The highest BCUT2D eigenvalue weighted by atomic mass is 15.5. The van der Waals surface area contributed by atoms with Gasteiger partial charge in [-0.3, -0.25) is 10.0 Å². The van der Waals surface area contributed by atoms with Crippen LogP contribution in [0.5, 0.6) is 0 Å². The first-order chi connectivity index (χ1) is 14.6. The Balaban J connectivity index is 1.57. The molecule has 2 N–H and O–H groups in total. The highest BCUT2D eigenvalue weighted by Gasteiger charge is 2.32. The van der Waals surface area contributed by atoms with Crippen molar-refractivity contribution in [3.63, 3.8) is 0 Å². The fourth-order valence-electron chi connectivity index (χ4n) is 4.50. The third-order valence-corrected chi connectivity index (χ3v) is 6.16. The molecule has 1 fully saturated rings. The molecule has 1 saturated heterocycles. The molecule has 1 aromatic heterocycles. The minimum absolute atomic E-state index is 0.111. The fraction of sp³-hybridized carbons (Fsp3) is 0.391. The molecule has 0 aliphatic carbocycles. The van der Waals surface area contributed by atoms with E-state index in [4.69, 9.17) is 20.7 Å². The molecule has 0 radical (unpaired) electrons. The molecule has 0 saturated carbocycles. The zero-order valence-corrected chi connectivity index (χ0v) is 17.4. The van der Waals surface area contributed by atoms with Gasteiger partial charge in [-0.25, -0.2) is 9.97 Å². The van der Waals surface area contributed by atoms with Crippen LogP contribution in [0.2, 0.25) is 0 Å². The minimum Gasteiger partial charge on any atom is -0.341 e.